The maximum atomic E-state index is 13.0. The molecular formula is C28H29N3O5. The first-order valence-corrected chi connectivity index (χ1v) is 12.1. The van der Waals surface area contributed by atoms with Gasteiger partial charge in [-0.05, 0) is 41.0 Å². The minimum Gasteiger partial charge on any atom is -0.454 e. The number of nitrogens with one attached hydrogen (secondary N) is 1. The number of aliphatic hydroxyl groups excluding tert-OH is 1. The van der Waals surface area contributed by atoms with E-state index in [1.165, 1.54) is 0 Å². The van der Waals surface area contributed by atoms with Gasteiger partial charge in [0.25, 0.3) is 5.91 Å². The average molecular weight is 488 g/mol. The Morgan fingerprint density at radius 3 is 2.28 bits per heavy atom. The Kier molecular flexibility index (Phi) is 7.16. The minimum absolute atomic E-state index is 0.251. The quantitative estimate of drug-likeness (QED) is 0.532. The van der Waals surface area contributed by atoms with Crippen molar-refractivity contribution in [2.24, 2.45) is 0 Å². The van der Waals surface area contributed by atoms with E-state index in [2.05, 4.69) is 10.2 Å². The summed E-state index contributed by atoms with van der Waals surface area (Å²) in [4.78, 5) is 29.8. The summed E-state index contributed by atoms with van der Waals surface area (Å²) in [7, 11) is 0. The van der Waals surface area contributed by atoms with Gasteiger partial charge in [-0.1, -0.05) is 48.5 Å². The molecule has 2 aliphatic rings. The van der Waals surface area contributed by atoms with Crippen molar-refractivity contribution in [3.63, 3.8) is 0 Å². The molecule has 1 atom stereocenters. The van der Waals surface area contributed by atoms with Crippen LogP contribution in [0.1, 0.15) is 15.9 Å². The van der Waals surface area contributed by atoms with E-state index in [1.54, 1.807) is 17.0 Å². The Balaban J connectivity index is 1.13. The van der Waals surface area contributed by atoms with Crippen molar-refractivity contribution in [1.82, 2.24) is 15.1 Å². The Morgan fingerprint density at radius 1 is 0.861 bits per heavy atom. The fourth-order valence-corrected chi connectivity index (χ4v) is 4.52. The van der Waals surface area contributed by atoms with Crippen molar-refractivity contribution in [1.29, 1.82) is 0 Å². The van der Waals surface area contributed by atoms with Gasteiger partial charge in [0, 0.05) is 38.3 Å². The van der Waals surface area contributed by atoms with E-state index in [-0.39, 0.29) is 18.6 Å². The Labute approximate surface area is 210 Å². The van der Waals surface area contributed by atoms with Crippen molar-refractivity contribution in [2.75, 3.05) is 39.6 Å². The molecule has 0 bridgehead atoms. The molecule has 2 heterocycles. The number of fused-ring (bicyclic) bond motifs is 1. The molecule has 0 aliphatic carbocycles. The number of carbonyl (C=O) groups is 2. The number of amides is 2. The summed E-state index contributed by atoms with van der Waals surface area (Å²) in [5.41, 5.74) is 3.62. The molecule has 1 saturated heterocycles. The second-order valence-electron chi connectivity index (χ2n) is 8.94. The number of nitrogens with zero attached hydrogens (tertiary/aromatic N) is 2. The number of rotatable bonds is 7. The summed E-state index contributed by atoms with van der Waals surface area (Å²) in [5, 5.41) is 12.5. The molecule has 36 heavy (non-hydrogen) atoms. The number of piperazine rings is 1. The van der Waals surface area contributed by atoms with Crippen molar-refractivity contribution in [2.45, 2.75) is 12.6 Å². The van der Waals surface area contributed by atoms with E-state index in [1.807, 2.05) is 60.7 Å². The molecule has 2 N–H and O–H groups in total. The molecule has 2 aliphatic heterocycles. The minimum atomic E-state index is -0.980. The summed E-state index contributed by atoms with van der Waals surface area (Å²) >= 11 is 0. The molecule has 0 radical (unpaired) electrons. The van der Waals surface area contributed by atoms with Gasteiger partial charge in [0.2, 0.25) is 12.7 Å². The third kappa shape index (κ3) is 5.35. The zero-order valence-corrected chi connectivity index (χ0v) is 19.9. The van der Waals surface area contributed by atoms with Gasteiger partial charge in [0.1, 0.15) is 6.04 Å². The Morgan fingerprint density at radius 2 is 1.56 bits per heavy atom. The molecule has 3 aromatic rings. The second kappa shape index (κ2) is 10.8. The maximum Gasteiger partial charge on any atom is 0.251 e. The fourth-order valence-electron chi connectivity index (χ4n) is 4.52. The molecule has 8 nitrogen and oxygen atoms in total. The molecular weight excluding hydrogens is 458 g/mol. The summed E-state index contributed by atoms with van der Waals surface area (Å²) in [6, 6.07) is 22.0. The molecule has 3 aromatic carbocycles. The predicted molar refractivity (Wildman–Crippen MR) is 135 cm³/mol. The highest BCUT2D eigenvalue weighted by Crippen LogP contribution is 2.32. The van der Waals surface area contributed by atoms with E-state index in [0.29, 0.717) is 31.7 Å². The molecule has 5 rings (SSSR count). The van der Waals surface area contributed by atoms with Crippen LogP contribution in [0.4, 0.5) is 0 Å². The van der Waals surface area contributed by atoms with Gasteiger partial charge in [0.15, 0.2) is 11.5 Å². The first-order chi connectivity index (χ1) is 17.6. The van der Waals surface area contributed by atoms with Crippen LogP contribution in [-0.2, 0) is 11.3 Å². The van der Waals surface area contributed by atoms with Gasteiger partial charge >= 0.3 is 0 Å². The van der Waals surface area contributed by atoms with Crippen LogP contribution in [0.25, 0.3) is 11.1 Å². The van der Waals surface area contributed by atoms with Gasteiger partial charge in [-0.2, -0.15) is 0 Å². The third-order valence-corrected chi connectivity index (χ3v) is 6.57. The lowest BCUT2D eigenvalue weighted by Crippen LogP contribution is -2.55. The monoisotopic (exact) mass is 487 g/mol. The molecule has 8 heteroatoms. The fraction of sp³-hybridized carbons (Fsp3) is 0.286. The molecule has 0 unspecified atom stereocenters. The first-order valence-electron chi connectivity index (χ1n) is 12.1. The predicted octanol–water partition coefficient (Wildman–Crippen LogP) is 2.52. The van der Waals surface area contributed by atoms with Crippen LogP contribution >= 0.6 is 0 Å². The van der Waals surface area contributed by atoms with Crippen LogP contribution in [0.5, 0.6) is 11.5 Å². The van der Waals surface area contributed by atoms with E-state index >= 15 is 0 Å². The van der Waals surface area contributed by atoms with E-state index in [9.17, 15) is 14.7 Å². The molecule has 0 aromatic heterocycles. The van der Waals surface area contributed by atoms with Crippen molar-refractivity contribution >= 4 is 11.8 Å². The van der Waals surface area contributed by atoms with Crippen LogP contribution in [0, 0.1) is 0 Å². The van der Waals surface area contributed by atoms with Crippen LogP contribution in [0.2, 0.25) is 0 Å². The average Bonchev–Trinajstić information content (AvgIpc) is 3.40. The molecule has 0 spiro atoms. The number of benzene rings is 3. The van der Waals surface area contributed by atoms with Gasteiger partial charge < -0.3 is 24.8 Å². The molecule has 2 amide bonds. The Bertz CT molecular complexity index is 1210. The van der Waals surface area contributed by atoms with E-state index < -0.39 is 12.6 Å². The summed E-state index contributed by atoms with van der Waals surface area (Å²) < 4.78 is 10.8. The molecule has 186 valence electrons. The lowest BCUT2D eigenvalue weighted by atomic mass is 10.0. The summed E-state index contributed by atoms with van der Waals surface area (Å²) in [5.74, 6) is 0.869. The Hall–Kier alpha value is -3.88. The SMILES string of the molecule is O=C(N[C@@H](CO)C(=O)N1CCN(Cc2ccc3c(c2)OCO3)CC1)c1ccc(-c2ccccc2)cc1. The number of aliphatic hydroxyl groups is 1. The largest absolute Gasteiger partial charge is 0.454 e. The van der Waals surface area contributed by atoms with Gasteiger partial charge in [-0.3, -0.25) is 14.5 Å². The molecule has 1 fully saturated rings. The summed E-state index contributed by atoms with van der Waals surface area (Å²) in [6.45, 7) is 3.01. The second-order valence-corrected chi connectivity index (χ2v) is 8.94. The van der Waals surface area contributed by atoms with Crippen molar-refractivity contribution < 1.29 is 24.2 Å². The highest BCUT2D eigenvalue weighted by Gasteiger charge is 2.28. The lowest BCUT2D eigenvalue weighted by Gasteiger charge is -2.36. The number of ether oxygens (including phenoxy) is 2. The van der Waals surface area contributed by atoms with E-state index in [0.717, 1.165) is 34.7 Å². The van der Waals surface area contributed by atoms with Gasteiger partial charge in [-0.15, -0.1) is 0 Å². The van der Waals surface area contributed by atoms with Crippen LogP contribution in [0.15, 0.2) is 72.8 Å². The third-order valence-electron chi connectivity index (χ3n) is 6.57. The van der Waals surface area contributed by atoms with Gasteiger partial charge in [0.05, 0.1) is 6.61 Å². The van der Waals surface area contributed by atoms with E-state index in [4.69, 9.17) is 9.47 Å². The molecule has 0 saturated carbocycles. The maximum absolute atomic E-state index is 13.0. The van der Waals surface area contributed by atoms with Crippen LogP contribution in [0.3, 0.4) is 0 Å². The van der Waals surface area contributed by atoms with Gasteiger partial charge in [-0.25, -0.2) is 0 Å². The first kappa shape index (κ1) is 23.8. The standard InChI is InChI=1S/C28H29N3O5/c32-18-24(29-27(33)23-9-7-22(8-10-23)21-4-2-1-3-5-21)28(34)31-14-12-30(13-15-31)17-20-6-11-25-26(16-20)36-19-35-25/h1-11,16,24,32H,12-15,17-19H2,(H,29,33)/t24-/m0/s1. The highest BCUT2D eigenvalue weighted by atomic mass is 16.7. The topological polar surface area (TPSA) is 91.3 Å². The summed E-state index contributed by atoms with van der Waals surface area (Å²) in [6.07, 6.45) is 0. The van der Waals surface area contributed by atoms with Crippen molar-refractivity contribution in [3.8, 4) is 22.6 Å². The zero-order chi connectivity index (χ0) is 24.9. The normalized spacial score (nSPS) is 16.0. The number of hydrogen-bond donors (Lipinski definition) is 2. The number of carbonyl (C=O) groups excluding carboxylic acids is 2. The van der Waals surface area contributed by atoms with Crippen molar-refractivity contribution in [3.05, 3.63) is 83.9 Å². The highest BCUT2D eigenvalue weighted by molar-refractivity contribution is 5.98. The number of hydrogen-bond acceptors (Lipinski definition) is 6. The smallest absolute Gasteiger partial charge is 0.251 e. The lowest BCUT2D eigenvalue weighted by molar-refractivity contribution is -0.136. The zero-order valence-electron chi connectivity index (χ0n) is 19.9. The van der Waals surface area contributed by atoms with Crippen LogP contribution < -0.4 is 14.8 Å². The van der Waals surface area contributed by atoms with Crippen LogP contribution in [-0.4, -0.2) is 72.3 Å².